The molecular weight excluding hydrogens is 178 g/mol. The second kappa shape index (κ2) is 3.81. The van der Waals surface area contributed by atoms with E-state index >= 15 is 0 Å². The summed E-state index contributed by atoms with van der Waals surface area (Å²) in [5.74, 6) is 1.51. The van der Waals surface area contributed by atoms with Gasteiger partial charge in [-0.2, -0.15) is 0 Å². The Morgan fingerprint density at radius 1 is 1.54 bits per heavy atom. The average Bonchev–Trinajstić information content (AvgIpc) is 2.49. The summed E-state index contributed by atoms with van der Waals surface area (Å²) in [5.41, 5.74) is 1.55. The Balaban J connectivity index is 2.00. The van der Waals surface area contributed by atoms with Crippen LogP contribution in [-0.4, -0.2) is 18.0 Å². The molecule has 1 nitrogen and oxygen atoms in total. The van der Waals surface area contributed by atoms with Gasteiger partial charge in [-0.3, -0.25) is 4.90 Å². The van der Waals surface area contributed by atoms with Crippen molar-refractivity contribution >= 4 is 11.3 Å². The molecule has 0 saturated carbocycles. The van der Waals surface area contributed by atoms with Crippen molar-refractivity contribution in [2.75, 3.05) is 13.1 Å². The van der Waals surface area contributed by atoms with Crippen LogP contribution in [0.1, 0.15) is 24.3 Å². The standard InChI is InChI=1S/C11H16NS/c1-9(2)7-12-5-3-11-10(8-12)4-6-13-11/h4,6H,3,5,7-8H2,1-2H3. The Kier molecular flexibility index (Phi) is 2.70. The monoisotopic (exact) mass is 194 g/mol. The normalized spacial score (nSPS) is 17.8. The number of nitrogens with zero attached hydrogens (tertiary/aromatic N) is 1. The Hall–Kier alpha value is -0.340. The number of rotatable bonds is 2. The van der Waals surface area contributed by atoms with Gasteiger partial charge in [-0.25, -0.2) is 0 Å². The van der Waals surface area contributed by atoms with Crippen LogP contribution in [0, 0.1) is 5.92 Å². The maximum atomic E-state index is 2.53. The highest BCUT2D eigenvalue weighted by atomic mass is 32.1. The maximum absolute atomic E-state index is 2.53. The number of hydrogen-bond acceptors (Lipinski definition) is 2. The van der Waals surface area contributed by atoms with E-state index < -0.39 is 0 Å². The third-order valence-corrected chi connectivity index (χ3v) is 3.45. The molecule has 13 heavy (non-hydrogen) atoms. The fourth-order valence-electron chi connectivity index (χ4n) is 1.89. The summed E-state index contributed by atoms with van der Waals surface area (Å²) >= 11 is 1.91. The zero-order valence-electron chi connectivity index (χ0n) is 8.34. The summed E-state index contributed by atoms with van der Waals surface area (Å²) in [4.78, 5) is 4.13. The molecule has 1 aliphatic rings. The second-order valence-electron chi connectivity index (χ2n) is 4.04. The van der Waals surface area contributed by atoms with E-state index in [2.05, 4.69) is 30.2 Å². The largest absolute Gasteiger partial charge is 0.298 e. The molecule has 2 heteroatoms. The van der Waals surface area contributed by atoms with Crippen LogP contribution in [0.3, 0.4) is 0 Å². The van der Waals surface area contributed by atoms with Gasteiger partial charge in [-0.1, -0.05) is 13.8 Å². The smallest absolute Gasteiger partial charge is 0.0245 e. The minimum absolute atomic E-state index is 1.16. The van der Waals surface area contributed by atoms with Crippen molar-refractivity contribution in [3.8, 4) is 0 Å². The molecule has 0 N–H and O–H groups in total. The molecular formula is C11H16NS. The van der Waals surface area contributed by atoms with Gasteiger partial charge in [0.15, 0.2) is 0 Å². The highest BCUT2D eigenvalue weighted by molar-refractivity contribution is 7.10. The fourth-order valence-corrected chi connectivity index (χ4v) is 2.78. The number of hydrogen-bond donors (Lipinski definition) is 0. The summed E-state index contributed by atoms with van der Waals surface area (Å²) in [6.45, 7) is 7.98. The molecule has 1 radical (unpaired) electrons. The molecule has 1 aromatic rings. The Bertz CT molecular complexity index is 277. The van der Waals surface area contributed by atoms with Crippen molar-refractivity contribution in [3.05, 3.63) is 27.8 Å². The highest BCUT2D eigenvalue weighted by Gasteiger charge is 2.17. The summed E-state index contributed by atoms with van der Waals surface area (Å²) < 4.78 is 0. The zero-order valence-corrected chi connectivity index (χ0v) is 9.16. The summed E-state index contributed by atoms with van der Waals surface area (Å²) in [7, 11) is 0. The Morgan fingerprint density at radius 3 is 3.15 bits per heavy atom. The molecule has 0 saturated heterocycles. The predicted molar refractivity (Wildman–Crippen MR) is 57.9 cm³/mol. The van der Waals surface area contributed by atoms with Gasteiger partial charge in [0, 0.05) is 24.5 Å². The average molecular weight is 194 g/mol. The lowest BCUT2D eigenvalue weighted by Gasteiger charge is -2.27. The molecule has 0 aliphatic carbocycles. The van der Waals surface area contributed by atoms with Gasteiger partial charge in [0.2, 0.25) is 0 Å². The minimum atomic E-state index is 1.16. The summed E-state index contributed by atoms with van der Waals surface area (Å²) in [5, 5.41) is 2.22. The predicted octanol–water partition coefficient (Wildman–Crippen LogP) is 2.72. The van der Waals surface area contributed by atoms with E-state index in [4.69, 9.17) is 0 Å². The van der Waals surface area contributed by atoms with Crippen molar-refractivity contribution in [1.82, 2.24) is 4.90 Å². The minimum Gasteiger partial charge on any atom is -0.298 e. The van der Waals surface area contributed by atoms with Crippen molar-refractivity contribution in [2.24, 2.45) is 0 Å². The van der Waals surface area contributed by atoms with Gasteiger partial charge < -0.3 is 0 Å². The molecule has 1 aliphatic heterocycles. The molecule has 1 aromatic heterocycles. The van der Waals surface area contributed by atoms with E-state index in [9.17, 15) is 0 Å². The Labute approximate surface area is 84.4 Å². The number of fused-ring (bicyclic) bond motifs is 1. The highest BCUT2D eigenvalue weighted by Crippen LogP contribution is 2.24. The van der Waals surface area contributed by atoms with Crippen LogP contribution in [0.25, 0.3) is 0 Å². The van der Waals surface area contributed by atoms with Gasteiger partial charge in [0.1, 0.15) is 0 Å². The summed E-state index contributed by atoms with van der Waals surface area (Å²) in [6, 6.07) is 2.27. The first kappa shape index (κ1) is 9.22. The quantitative estimate of drug-likeness (QED) is 0.699. The number of thiophene rings is 1. The molecule has 71 valence electrons. The topological polar surface area (TPSA) is 3.24 Å². The zero-order chi connectivity index (χ0) is 9.26. The van der Waals surface area contributed by atoms with Crippen LogP contribution in [0.4, 0.5) is 0 Å². The molecule has 2 rings (SSSR count). The van der Waals surface area contributed by atoms with Crippen molar-refractivity contribution in [3.63, 3.8) is 0 Å². The van der Waals surface area contributed by atoms with Gasteiger partial charge in [0.25, 0.3) is 0 Å². The van der Waals surface area contributed by atoms with Crippen molar-refractivity contribution in [1.29, 1.82) is 0 Å². The van der Waals surface area contributed by atoms with Crippen LogP contribution in [-0.2, 0) is 13.0 Å². The third kappa shape index (κ3) is 2.12. The van der Waals surface area contributed by atoms with Gasteiger partial charge in [0.05, 0.1) is 0 Å². The van der Waals surface area contributed by atoms with Gasteiger partial charge in [-0.15, -0.1) is 11.3 Å². The van der Waals surface area contributed by atoms with Crippen molar-refractivity contribution in [2.45, 2.75) is 26.8 Å². The van der Waals surface area contributed by atoms with E-state index in [1.165, 1.54) is 18.9 Å². The molecule has 2 heterocycles. The second-order valence-corrected chi connectivity index (χ2v) is 5.04. The van der Waals surface area contributed by atoms with E-state index in [0.717, 1.165) is 13.1 Å². The molecule has 0 aromatic carbocycles. The first-order valence-corrected chi connectivity index (χ1v) is 5.70. The van der Waals surface area contributed by atoms with E-state index in [1.54, 1.807) is 10.4 Å². The molecule has 0 bridgehead atoms. The fraction of sp³-hybridized carbons (Fsp3) is 0.545. The van der Waals surface area contributed by atoms with Crippen LogP contribution in [0.2, 0.25) is 0 Å². The van der Waals surface area contributed by atoms with Crippen LogP contribution in [0.15, 0.2) is 11.4 Å². The molecule has 0 fully saturated rings. The SMILES string of the molecule is C[C](C)CN1CCc2sccc2C1. The lowest BCUT2D eigenvalue weighted by molar-refractivity contribution is 0.266. The first-order valence-electron chi connectivity index (χ1n) is 4.82. The first-order chi connectivity index (χ1) is 6.25. The van der Waals surface area contributed by atoms with E-state index in [0.29, 0.717) is 0 Å². The van der Waals surface area contributed by atoms with Crippen molar-refractivity contribution < 1.29 is 0 Å². The van der Waals surface area contributed by atoms with Crippen LogP contribution < -0.4 is 0 Å². The molecule has 0 unspecified atom stereocenters. The lowest BCUT2D eigenvalue weighted by atomic mass is 10.1. The van der Waals surface area contributed by atoms with E-state index in [-0.39, 0.29) is 0 Å². The van der Waals surface area contributed by atoms with E-state index in [1.807, 2.05) is 11.3 Å². The molecule has 0 spiro atoms. The maximum Gasteiger partial charge on any atom is 0.0245 e. The molecule has 0 amide bonds. The van der Waals surface area contributed by atoms with Gasteiger partial charge in [-0.05, 0) is 29.3 Å². The summed E-state index contributed by atoms with van der Waals surface area (Å²) in [6.07, 6.45) is 1.25. The van der Waals surface area contributed by atoms with Crippen LogP contribution >= 0.6 is 11.3 Å². The van der Waals surface area contributed by atoms with Crippen LogP contribution in [0.5, 0.6) is 0 Å². The lowest BCUT2D eigenvalue weighted by Crippen LogP contribution is -2.32. The third-order valence-electron chi connectivity index (χ3n) is 2.43. The Morgan fingerprint density at radius 2 is 2.38 bits per heavy atom. The molecule has 0 atom stereocenters. The van der Waals surface area contributed by atoms with Gasteiger partial charge >= 0.3 is 0 Å².